The van der Waals surface area contributed by atoms with E-state index in [9.17, 15) is 4.79 Å². The number of benzene rings is 1. The van der Waals surface area contributed by atoms with Gasteiger partial charge in [-0.1, -0.05) is 37.3 Å². The Bertz CT molecular complexity index is 678. The fraction of sp³-hybridized carbons (Fsp3) is 0.474. The van der Waals surface area contributed by atoms with Crippen LogP contribution in [0.4, 0.5) is 0 Å². The molecule has 1 aromatic carbocycles. The van der Waals surface area contributed by atoms with Gasteiger partial charge in [-0.05, 0) is 18.9 Å². The monoisotopic (exact) mass is 344 g/mol. The molecule has 1 N–H and O–H groups in total. The second kappa shape index (κ2) is 7.45. The minimum atomic E-state index is -0.392. The third-order valence-electron chi connectivity index (χ3n) is 4.66. The minimum Gasteiger partial charge on any atom is -0.381 e. The number of hydrogen-bond acceptors (Lipinski definition) is 4. The van der Waals surface area contributed by atoms with Crippen molar-refractivity contribution in [3.63, 3.8) is 0 Å². The van der Waals surface area contributed by atoms with E-state index in [1.165, 1.54) is 0 Å². The Labute approximate surface area is 147 Å². The largest absolute Gasteiger partial charge is 0.381 e. The van der Waals surface area contributed by atoms with Gasteiger partial charge in [0.25, 0.3) is 0 Å². The lowest BCUT2D eigenvalue weighted by Crippen LogP contribution is -2.50. The number of aromatic nitrogens is 1. The molecule has 1 fully saturated rings. The van der Waals surface area contributed by atoms with Crippen molar-refractivity contribution < 1.29 is 9.53 Å². The van der Waals surface area contributed by atoms with Crippen LogP contribution in [-0.4, -0.2) is 24.1 Å². The molecule has 0 saturated carbocycles. The molecule has 1 aliphatic heterocycles. The van der Waals surface area contributed by atoms with Gasteiger partial charge in [-0.3, -0.25) is 4.79 Å². The van der Waals surface area contributed by atoms with Crippen LogP contribution in [0.3, 0.4) is 0 Å². The van der Waals surface area contributed by atoms with E-state index in [-0.39, 0.29) is 11.8 Å². The molecule has 0 spiro atoms. The zero-order chi connectivity index (χ0) is 17.0. The highest BCUT2D eigenvalue weighted by Crippen LogP contribution is 2.35. The second-order valence-electron chi connectivity index (χ2n) is 6.35. The first-order valence-electron chi connectivity index (χ1n) is 8.52. The van der Waals surface area contributed by atoms with E-state index in [1.54, 1.807) is 11.3 Å². The molecule has 0 aliphatic carbocycles. The molecule has 5 heteroatoms. The summed E-state index contributed by atoms with van der Waals surface area (Å²) >= 11 is 1.63. The molecule has 1 aromatic heterocycles. The maximum absolute atomic E-state index is 13.1. The van der Waals surface area contributed by atoms with E-state index >= 15 is 0 Å². The van der Waals surface area contributed by atoms with Crippen molar-refractivity contribution >= 4 is 17.2 Å². The summed E-state index contributed by atoms with van der Waals surface area (Å²) in [5, 5.41) is 6.39. The van der Waals surface area contributed by atoms with E-state index in [4.69, 9.17) is 4.74 Å². The molecular formula is C19H24N2O2S. The maximum atomic E-state index is 13.1. The van der Waals surface area contributed by atoms with Gasteiger partial charge in [0.2, 0.25) is 5.91 Å². The normalized spacial score (nSPS) is 18.1. The first kappa shape index (κ1) is 17.1. The quantitative estimate of drug-likeness (QED) is 0.898. The highest BCUT2D eigenvalue weighted by atomic mass is 32.1. The molecular weight excluding hydrogens is 320 g/mol. The highest BCUT2D eigenvalue weighted by molar-refractivity contribution is 7.09. The zero-order valence-electron chi connectivity index (χ0n) is 14.2. The SMILES string of the molecule is CC[C@@H](C(=O)NC1(c2nc(C)cs2)CCOCC1)c1ccccc1. The lowest BCUT2D eigenvalue weighted by Gasteiger charge is -2.37. The van der Waals surface area contributed by atoms with Crippen LogP contribution in [0.15, 0.2) is 35.7 Å². The molecule has 1 atom stereocenters. The van der Waals surface area contributed by atoms with Crippen LogP contribution >= 0.6 is 11.3 Å². The fourth-order valence-electron chi connectivity index (χ4n) is 3.27. The van der Waals surface area contributed by atoms with Crippen LogP contribution in [0.1, 0.15) is 48.4 Å². The summed E-state index contributed by atoms with van der Waals surface area (Å²) in [7, 11) is 0. The number of carbonyl (C=O) groups excluding carboxylic acids is 1. The maximum Gasteiger partial charge on any atom is 0.228 e. The smallest absolute Gasteiger partial charge is 0.228 e. The molecule has 24 heavy (non-hydrogen) atoms. The van der Waals surface area contributed by atoms with Crippen molar-refractivity contribution in [3.8, 4) is 0 Å². The molecule has 2 heterocycles. The van der Waals surface area contributed by atoms with E-state index in [0.717, 1.165) is 35.5 Å². The molecule has 2 aromatic rings. The first-order chi connectivity index (χ1) is 11.6. The molecule has 0 radical (unpaired) electrons. The summed E-state index contributed by atoms with van der Waals surface area (Å²) in [6.45, 7) is 5.36. The van der Waals surface area contributed by atoms with Crippen LogP contribution < -0.4 is 5.32 Å². The van der Waals surface area contributed by atoms with Crippen molar-refractivity contribution in [1.29, 1.82) is 0 Å². The van der Waals surface area contributed by atoms with Crippen LogP contribution in [0.25, 0.3) is 0 Å². The van der Waals surface area contributed by atoms with Crippen molar-refractivity contribution in [3.05, 3.63) is 52.0 Å². The number of hydrogen-bond donors (Lipinski definition) is 1. The van der Waals surface area contributed by atoms with E-state index in [2.05, 4.69) is 17.2 Å². The Morgan fingerprint density at radius 1 is 1.33 bits per heavy atom. The fourth-order valence-corrected chi connectivity index (χ4v) is 4.28. The number of amides is 1. The number of thiazole rings is 1. The Balaban J connectivity index is 1.85. The summed E-state index contributed by atoms with van der Waals surface area (Å²) in [6.07, 6.45) is 2.33. The van der Waals surface area contributed by atoms with E-state index in [0.29, 0.717) is 13.2 Å². The summed E-state index contributed by atoms with van der Waals surface area (Å²) < 4.78 is 5.53. The average Bonchev–Trinajstić information content (AvgIpc) is 3.04. The van der Waals surface area contributed by atoms with Gasteiger partial charge in [-0.25, -0.2) is 4.98 Å². The molecule has 0 unspecified atom stereocenters. The third kappa shape index (κ3) is 3.52. The number of ether oxygens (including phenoxy) is 1. The Kier molecular flexibility index (Phi) is 5.31. The van der Waals surface area contributed by atoms with Crippen molar-refractivity contribution in [1.82, 2.24) is 10.3 Å². The van der Waals surface area contributed by atoms with E-state index < -0.39 is 5.54 Å². The molecule has 1 amide bonds. The molecule has 1 aliphatic rings. The third-order valence-corrected chi connectivity index (χ3v) is 5.83. The van der Waals surface area contributed by atoms with Gasteiger partial charge in [-0.2, -0.15) is 0 Å². The number of nitrogens with one attached hydrogen (secondary N) is 1. The second-order valence-corrected chi connectivity index (χ2v) is 7.21. The van der Waals surface area contributed by atoms with Gasteiger partial charge in [0, 0.05) is 37.1 Å². The predicted molar refractivity (Wildman–Crippen MR) is 96.2 cm³/mol. The average molecular weight is 344 g/mol. The topological polar surface area (TPSA) is 51.2 Å². The van der Waals surface area contributed by atoms with Crippen molar-refractivity contribution in [2.24, 2.45) is 0 Å². The Morgan fingerprint density at radius 2 is 2.04 bits per heavy atom. The Hall–Kier alpha value is -1.72. The number of nitrogens with zero attached hydrogens (tertiary/aromatic N) is 1. The van der Waals surface area contributed by atoms with Crippen molar-refractivity contribution in [2.45, 2.75) is 44.6 Å². The standard InChI is InChI=1S/C19H24N2O2S/c1-3-16(15-7-5-4-6-8-15)17(22)21-19(9-11-23-12-10-19)18-20-14(2)13-24-18/h4-8,13,16H,3,9-12H2,1-2H3,(H,21,22)/t16-/m1/s1. The first-order valence-corrected chi connectivity index (χ1v) is 9.40. The number of aryl methyl sites for hydroxylation is 1. The highest BCUT2D eigenvalue weighted by Gasteiger charge is 2.39. The minimum absolute atomic E-state index is 0.0819. The van der Waals surface area contributed by atoms with Crippen LogP contribution in [-0.2, 0) is 15.1 Å². The predicted octanol–water partition coefficient (Wildman–Crippen LogP) is 3.77. The molecule has 128 valence electrons. The molecule has 3 rings (SSSR count). The van der Waals surface area contributed by atoms with Gasteiger partial charge in [0.05, 0.1) is 11.5 Å². The lowest BCUT2D eigenvalue weighted by molar-refractivity contribution is -0.126. The number of carbonyl (C=O) groups is 1. The molecule has 1 saturated heterocycles. The van der Waals surface area contributed by atoms with Crippen molar-refractivity contribution in [2.75, 3.05) is 13.2 Å². The van der Waals surface area contributed by atoms with Crippen LogP contribution in [0.5, 0.6) is 0 Å². The summed E-state index contributed by atoms with van der Waals surface area (Å²) in [5.74, 6) is -0.0505. The molecule has 4 nitrogen and oxygen atoms in total. The Morgan fingerprint density at radius 3 is 2.62 bits per heavy atom. The summed E-state index contributed by atoms with van der Waals surface area (Å²) in [6, 6.07) is 10.0. The van der Waals surface area contributed by atoms with Gasteiger partial charge in [0.15, 0.2) is 0 Å². The number of rotatable bonds is 5. The van der Waals surface area contributed by atoms with Crippen LogP contribution in [0, 0.1) is 6.92 Å². The van der Waals surface area contributed by atoms with Gasteiger partial charge in [0.1, 0.15) is 5.01 Å². The molecule has 0 bridgehead atoms. The van der Waals surface area contributed by atoms with E-state index in [1.807, 2.05) is 42.6 Å². The summed E-state index contributed by atoms with van der Waals surface area (Å²) in [4.78, 5) is 17.7. The zero-order valence-corrected chi connectivity index (χ0v) is 15.1. The summed E-state index contributed by atoms with van der Waals surface area (Å²) in [5.41, 5.74) is 1.68. The van der Waals surface area contributed by atoms with Gasteiger partial charge in [-0.15, -0.1) is 11.3 Å². The van der Waals surface area contributed by atoms with Gasteiger partial charge >= 0.3 is 0 Å². The lowest BCUT2D eigenvalue weighted by atomic mass is 9.88. The van der Waals surface area contributed by atoms with Gasteiger partial charge < -0.3 is 10.1 Å². The van der Waals surface area contributed by atoms with Crippen LogP contribution in [0.2, 0.25) is 0 Å².